The summed E-state index contributed by atoms with van der Waals surface area (Å²) in [5.41, 5.74) is 1.01. The number of benzene rings is 1. The Morgan fingerprint density at radius 2 is 2.13 bits per heavy atom. The molecule has 0 unspecified atom stereocenters. The molecule has 1 aromatic carbocycles. The van der Waals surface area contributed by atoms with Crippen molar-refractivity contribution in [1.29, 1.82) is 0 Å². The zero-order valence-corrected chi connectivity index (χ0v) is 13.4. The Hall–Kier alpha value is -2.54. The van der Waals surface area contributed by atoms with Crippen molar-refractivity contribution in [2.75, 3.05) is 0 Å². The highest BCUT2D eigenvalue weighted by molar-refractivity contribution is 7.09. The van der Waals surface area contributed by atoms with Crippen LogP contribution in [0.4, 0.5) is 0 Å². The maximum Gasteiger partial charge on any atom is 0.346 e. The molecule has 23 heavy (non-hydrogen) atoms. The molecule has 2 N–H and O–H groups in total. The van der Waals surface area contributed by atoms with E-state index in [1.807, 2.05) is 5.38 Å². The normalized spacial score (nSPS) is 10.8. The number of nitrogens with one attached hydrogen (secondary N) is 2. The van der Waals surface area contributed by atoms with Crippen LogP contribution in [0.1, 0.15) is 34.5 Å². The summed E-state index contributed by atoms with van der Waals surface area (Å²) in [6, 6.07) is 7.10. The van der Waals surface area contributed by atoms with Gasteiger partial charge in [0, 0.05) is 10.8 Å². The van der Waals surface area contributed by atoms with Crippen LogP contribution < -0.4 is 11.0 Å². The topological polar surface area (TPSA) is 87.7 Å². The van der Waals surface area contributed by atoms with Gasteiger partial charge in [-0.1, -0.05) is 25.1 Å². The molecule has 0 saturated heterocycles. The number of rotatable bonds is 5. The van der Waals surface area contributed by atoms with Crippen molar-refractivity contribution in [1.82, 2.24) is 20.3 Å². The summed E-state index contributed by atoms with van der Waals surface area (Å²) >= 11 is 1.59. The van der Waals surface area contributed by atoms with Crippen molar-refractivity contribution in [2.45, 2.75) is 26.3 Å². The smallest absolute Gasteiger partial charge is 0.345 e. The summed E-state index contributed by atoms with van der Waals surface area (Å²) in [7, 11) is 0. The first kappa shape index (κ1) is 15.4. The van der Waals surface area contributed by atoms with Gasteiger partial charge in [-0.15, -0.1) is 11.3 Å². The standard InChI is InChI=1S/C16H16N4O2S/c1-2-5-13-18-10(9-23-13)8-17-15(21)14-11-6-3-4-7-12(11)19-16(22)20-14/h3-4,6-7,9H,2,5,8H2,1H3,(H,17,21)(H,19,20,22). The molecular formula is C16H16N4O2S. The van der Waals surface area contributed by atoms with E-state index in [2.05, 4.69) is 27.2 Å². The van der Waals surface area contributed by atoms with Crippen molar-refractivity contribution in [3.8, 4) is 0 Å². The maximum absolute atomic E-state index is 12.4. The molecule has 0 spiro atoms. The van der Waals surface area contributed by atoms with E-state index in [-0.39, 0.29) is 11.6 Å². The summed E-state index contributed by atoms with van der Waals surface area (Å²) in [5, 5.41) is 6.41. The Kier molecular flexibility index (Phi) is 4.47. The van der Waals surface area contributed by atoms with E-state index in [0.717, 1.165) is 23.5 Å². The molecule has 3 rings (SSSR count). The van der Waals surface area contributed by atoms with E-state index in [4.69, 9.17) is 0 Å². The summed E-state index contributed by atoms with van der Waals surface area (Å²) in [6.45, 7) is 2.43. The van der Waals surface area contributed by atoms with E-state index in [0.29, 0.717) is 17.4 Å². The van der Waals surface area contributed by atoms with Gasteiger partial charge in [0.25, 0.3) is 5.91 Å². The number of thiazole rings is 1. The Morgan fingerprint density at radius 3 is 2.96 bits per heavy atom. The van der Waals surface area contributed by atoms with Crippen molar-refractivity contribution >= 4 is 28.1 Å². The third-order valence-electron chi connectivity index (χ3n) is 3.35. The van der Waals surface area contributed by atoms with E-state index >= 15 is 0 Å². The highest BCUT2D eigenvalue weighted by Gasteiger charge is 2.13. The summed E-state index contributed by atoms with van der Waals surface area (Å²) in [6.07, 6.45) is 1.99. The van der Waals surface area contributed by atoms with Gasteiger partial charge in [-0.2, -0.15) is 4.98 Å². The Bertz CT molecular complexity index is 900. The monoisotopic (exact) mass is 328 g/mol. The lowest BCUT2D eigenvalue weighted by atomic mass is 10.2. The Labute approximate surface area is 136 Å². The van der Waals surface area contributed by atoms with Gasteiger partial charge in [0.2, 0.25) is 0 Å². The molecule has 2 heterocycles. The second kappa shape index (κ2) is 6.70. The summed E-state index contributed by atoms with van der Waals surface area (Å²) in [4.78, 5) is 34.9. The predicted molar refractivity (Wildman–Crippen MR) is 89.6 cm³/mol. The number of nitrogens with zero attached hydrogens (tertiary/aromatic N) is 2. The summed E-state index contributed by atoms with van der Waals surface area (Å²) in [5.74, 6) is -0.377. The number of aromatic nitrogens is 3. The van der Waals surface area contributed by atoms with Crippen LogP contribution in [0.3, 0.4) is 0 Å². The quantitative estimate of drug-likeness (QED) is 0.752. The van der Waals surface area contributed by atoms with E-state index in [1.165, 1.54) is 0 Å². The third-order valence-corrected chi connectivity index (χ3v) is 4.30. The highest BCUT2D eigenvalue weighted by Crippen LogP contribution is 2.14. The average molecular weight is 328 g/mol. The van der Waals surface area contributed by atoms with Crippen molar-refractivity contribution in [2.24, 2.45) is 0 Å². The highest BCUT2D eigenvalue weighted by atomic mass is 32.1. The minimum absolute atomic E-state index is 0.133. The molecule has 118 valence electrons. The van der Waals surface area contributed by atoms with Gasteiger partial charge < -0.3 is 10.3 Å². The molecule has 3 aromatic rings. The van der Waals surface area contributed by atoms with Gasteiger partial charge in [0.1, 0.15) is 5.69 Å². The van der Waals surface area contributed by atoms with Gasteiger partial charge in [-0.05, 0) is 18.9 Å². The molecular weight excluding hydrogens is 312 g/mol. The number of H-pyrrole nitrogens is 1. The number of hydrogen-bond donors (Lipinski definition) is 2. The van der Waals surface area contributed by atoms with Gasteiger partial charge in [0.15, 0.2) is 0 Å². The molecule has 0 aliphatic heterocycles. The molecule has 0 atom stereocenters. The number of aryl methyl sites for hydroxylation is 1. The predicted octanol–water partition coefficient (Wildman–Crippen LogP) is 2.26. The minimum Gasteiger partial charge on any atom is -0.345 e. The number of carbonyl (C=O) groups is 1. The lowest BCUT2D eigenvalue weighted by molar-refractivity contribution is 0.0947. The third kappa shape index (κ3) is 3.45. The van der Waals surface area contributed by atoms with Crippen LogP contribution in [0, 0.1) is 0 Å². The van der Waals surface area contributed by atoms with Crippen LogP contribution in [0.2, 0.25) is 0 Å². The zero-order valence-electron chi connectivity index (χ0n) is 12.6. The maximum atomic E-state index is 12.4. The van der Waals surface area contributed by atoms with E-state index < -0.39 is 5.69 Å². The number of aromatic amines is 1. The van der Waals surface area contributed by atoms with Crippen LogP contribution in [-0.2, 0) is 13.0 Å². The molecule has 0 saturated carbocycles. The first-order chi connectivity index (χ1) is 11.2. The SMILES string of the molecule is CCCc1nc(CNC(=O)c2nc(=O)[nH]c3ccccc23)cs1. The number of carbonyl (C=O) groups excluding carboxylic acids is 1. The van der Waals surface area contributed by atoms with Crippen molar-refractivity contribution in [3.63, 3.8) is 0 Å². The first-order valence-electron chi connectivity index (χ1n) is 7.38. The number of para-hydroxylation sites is 1. The molecule has 0 aliphatic carbocycles. The zero-order chi connectivity index (χ0) is 16.2. The number of amides is 1. The molecule has 2 aromatic heterocycles. The van der Waals surface area contributed by atoms with Crippen LogP contribution in [0.25, 0.3) is 10.9 Å². The fraction of sp³-hybridized carbons (Fsp3) is 0.250. The molecule has 7 heteroatoms. The second-order valence-electron chi connectivity index (χ2n) is 5.10. The number of hydrogen-bond acceptors (Lipinski definition) is 5. The fourth-order valence-corrected chi connectivity index (χ4v) is 3.19. The molecule has 0 bridgehead atoms. The second-order valence-corrected chi connectivity index (χ2v) is 6.04. The van der Waals surface area contributed by atoms with Crippen LogP contribution in [0.15, 0.2) is 34.4 Å². The Balaban J connectivity index is 1.79. The van der Waals surface area contributed by atoms with Crippen molar-refractivity contribution < 1.29 is 4.79 Å². The fourth-order valence-electron chi connectivity index (χ4n) is 2.29. The van der Waals surface area contributed by atoms with Crippen molar-refractivity contribution in [3.05, 3.63) is 56.5 Å². The molecule has 0 radical (unpaired) electrons. The van der Waals surface area contributed by atoms with Gasteiger partial charge in [-0.3, -0.25) is 4.79 Å². The van der Waals surface area contributed by atoms with E-state index in [1.54, 1.807) is 35.6 Å². The minimum atomic E-state index is -0.534. The lowest BCUT2D eigenvalue weighted by Gasteiger charge is -2.05. The molecule has 6 nitrogen and oxygen atoms in total. The molecule has 0 fully saturated rings. The van der Waals surface area contributed by atoms with E-state index in [9.17, 15) is 9.59 Å². The average Bonchev–Trinajstić information content (AvgIpc) is 3.00. The Morgan fingerprint density at radius 1 is 1.30 bits per heavy atom. The first-order valence-corrected chi connectivity index (χ1v) is 8.26. The lowest BCUT2D eigenvalue weighted by Crippen LogP contribution is -2.27. The molecule has 1 amide bonds. The van der Waals surface area contributed by atoms with Gasteiger partial charge in [-0.25, -0.2) is 9.78 Å². The van der Waals surface area contributed by atoms with Crippen LogP contribution >= 0.6 is 11.3 Å². The van der Waals surface area contributed by atoms with Gasteiger partial charge >= 0.3 is 5.69 Å². The number of fused-ring (bicyclic) bond motifs is 1. The van der Waals surface area contributed by atoms with Crippen LogP contribution in [-0.4, -0.2) is 20.9 Å². The summed E-state index contributed by atoms with van der Waals surface area (Å²) < 4.78 is 0. The molecule has 0 aliphatic rings. The van der Waals surface area contributed by atoms with Gasteiger partial charge in [0.05, 0.1) is 22.8 Å². The van der Waals surface area contributed by atoms with Crippen LogP contribution in [0.5, 0.6) is 0 Å². The largest absolute Gasteiger partial charge is 0.346 e.